The van der Waals surface area contributed by atoms with E-state index in [0.29, 0.717) is 22.3 Å². The number of carboxylic acid groups (broad SMARTS) is 2. The number of carboxylic acids is 2. The van der Waals surface area contributed by atoms with Gasteiger partial charge >= 0.3 is 24.0 Å². The van der Waals surface area contributed by atoms with Gasteiger partial charge in [0.05, 0.1) is 12.7 Å². The van der Waals surface area contributed by atoms with Gasteiger partial charge in [-0.1, -0.05) is 91.0 Å². The number of nitrogens with zero attached hydrogens (tertiary/aromatic N) is 8. The van der Waals surface area contributed by atoms with Gasteiger partial charge in [0, 0.05) is 12.1 Å². The Hall–Kier alpha value is -9.77. The summed E-state index contributed by atoms with van der Waals surface area (Å²) in [7, 11) is 0. The number of benzene rings is 4. The molecule has 26 nitrogen and oxygen atoms in total. The lowest BCUT2D eigenvalue weighted by molar-refractivity contribution is -0.177. The number of hydrogen-bond acceptors (Lipinski definition) is 18. The predicted molar refractivity (Wildman–Crippen MR) is 295 cm³/mol. The van der Waals surface area contributed by atoms with Gasteiger partial charge in [-0.15, -0.1) is 0 Å². The number of rotatable bonds is 16. The van der Waals surface area contributed by atoms with Crippen molar-refractivity contribution in [3.05, 3.63) is 169 Å². The molecular weight excluding hydrogens is 1110 g/mol. The summed E-state index contributed by atoms with van der Waals surface area (Å²) >= 11 is 0. The first-order chi connectivity index (χ1) is 41.5. The Morgan fingerprint density at radius 3 is 1.48 bits per heavy atom. The van der Waals surface area contributed by atoms with Gasteiger partial charge in [0.25, 0.3) is 0 Å². The summed E-state index contributed by atoms with van der Waals surface area (Å²) in [5, 5.41) is 30.4. The molecule has 14 rings (SSSR count). The molecule has 4 saturated heterocycles. The molecule has 4 amide bonds. The zero-order valence-electron chi connectivity index (χ0n) is 44.4. The number of halogens is 1. The van der Waals surface area contributed by atoms with E-state index >= 15 is 0 Å². The van der Waals surface area contributed by atoms with E-state index in [0.717, 1.165) is 42.9 Å². The van der Waals surface area contributed by atoms with E-state index in [4.69, 9.17) is 37.9 Å². The van der Waals surface area contributed by atoms with Crippen LogP contribution in [0.25, 0.3) is 34.5 Å². The van der Waals surface area contributed by atoms with Gasteiger partial charge in [0.15, 0.2) is 82.8 Å². The van der Waals surface area contributed by atoms with Crippen LogP contribution in [0.1, 0.15) is 70.0 Å². The lowest BCUT2D eigenvalue weighted by Crippen LogP contribution is -2.33. The highest BCUT2D eigenvalue weighted by molar-refractivity contribution is 5.97. The van der Waals surface area contributed by atoms with Crippen LogP contribution in [-0.4, -0.2) is 135 Å². The molecule has 4 aromatic heterocycles. The second-order valence-corrected chi connectivity index (χ2v) is 20.3. The molecule has 2 saturated carbocycles. The second-order valence-electron chi connectivity index (χ2n) is 20.3. The van der Waals surface area contributed by atoms with Gasteiger partial charge in [-0.2, -0.15) is 0 Å². The Labute approximate surface area is 480 Å². The molecule has 0 spiro atoms. The average molecular weight is 1160 g/mol. The van der Waals surface area contributed by atoms with Crippen molar-refractivity contribution in [3.8, 4) is 11.5 Å². The van der Waals surface area contributed by atoms with E-state index in [-0.39, 0.29) is 46.6 Å². The van der Waals surface area contributed by atoms with Crippen molar-refractivity contribution in [2.75, 3.05) is 10.6 Å². The van der Waals surface area contributed by atoms with Crippen molar-refractivity contribution >= 4 is 70.1 Å². The first-order valence-corrected chi connectivity index (χ1v) is 27.0. The maximum atomic E-state index is 14.8. The number of carbonyl (C=O) groups excluding carboxylic acids is 2. The van der Waals surface area contributed by atoms with Crippen LogP contribution in [0.5, 0.6) is 11.5 Å². The molecule has 85 heavy (non-hydrogen) atoms. The monoisotopic (exact) mass is 1160 g/mol. The van der Waals surface area contributed by atoms with Crippen molar-refractivity contribution in [3.63, 3.8) is 0 Å². The number of anilines is 2. The highest BCUT2D eigenvalue weighted by Crippen LogP contribution is 2.44. The van der Waals surface area contributed by atoms with Gasteiger partial charge in [-0.3, -0.25) is 19.8 Å². The van der Waals surface area contributed by atoms with Crippen LogP contribution in [0.4, 0.5) is 25.6 Å². The van der Waals surface area contributed by atoms with E-state index < -0.39 is 91.6 Å². The van der Waals surface area contributed by atoms with Gasteiger partial charge in [-0.05, 0) is 73.2 Å². The number of ether oxygens (including phenoxy) is 8. The lowest BCUT2D eigenvalue weighted by atomic mass is 10.2. The summed E-state index contributed by atoms with van der Waals surface area (Å²) in [4.78, 5) is 74.3. The number of fused-ring (bicyclic) bond motifs is 4. The van der Waals surface area contributed by atoms with Crippen molar-refractivity contribution < 1.29 is 71.7 Å². The smallest absolute Gasteiger partial charge is 0.339 e. The maximum absolute atomic E-state index is 14.8. The van der Waals surface area contributed by atoms with Gasteiger partial charge in [0.2, 0.25) is 12.6 Å². The minimum atomic E-state index is -1.36. The van der Waals surface area contributed by atoms with Gasteiger partial charge in [0.1, 0.15) is 41.7 Å². The molecule has 4 aromatic carbocycles. The minimum absolute atomic E-state index is 0.0125. The van der Waals surface area contributed by atoms with E-state index in [1.54, 1.807) is 39.5 Å². The fraction of sp³-hybridized carbons (Fsp3) is 0.276. The molecule has 0 radical (unpaired) electrons. The SMILES string of the molecule is O=C(Nc1ncnc2c1ncn2C1OC(Oc2c(F)cccc2C(=O)O)C2O[C@H](/C=C/c3ccccc3)OC21)NC1CC1.O=C(Nc1ncnc2c1ncn2C1OC(Oc2ccccc2C(=O)O)C2O[C@H](/C=C/c3ccccc3)OC21)NC1CC1. The van der Waals surface area contributed by atoms with Crippen molar-refractivity contribution in [2.45, 2.75) is 99.8 Å². The molecule has 0 bridgehead atoms. The number of para-hydroxylation sites is 2. The standard InChI is InChI=1S/C29H25FN6O7.C29H26N6O7/c30-18-8-4-7-17(27(37)38)21(18)42-28-23-22(40-19(41-23)12-9-15-5-2-1-3-6-15)26(43-28)36-14-33-20-24(31-13-32-25(20)36)35-29(39)34-16-10-11-16;36-27(37)18-8-4-5-9-19(18)39-28-23-22(40-20(41-23)13-10-16-6-2-1-3-7-16)26(42-28)35-15-32-21-24(30-14-31-25(21)35)34-29(38)33-17-11-12-17/h1-9,12-14,16,19,22-23,26,28H,10-11H2,(H,37,38)(H2,31,32,34,35,39);1-10,13-15,17,20,22-23,26,28H,11-12H2,(H,36,37)(H2,30,31,33,34,38)/b12-9+;13-10+/t19-,22?,23?,26?,28?;20-,22?,23?,26?,28?/m11/s1. The van der Waals surface area contributed by atoms with Crippen LogP contribution in [-0.2, 0) is 28.4 Å². The third-order valence-electron chi connectivity index (χ3n) is 14.3. The topological polar surface area (TPSA) is 318 Å². The van der Waals surface area contributed by atoms with E-state index in [2.05, 4.69) is 51.2 Å². The first kappa shape index (κ1) is 54.5. The first-order valence-electron chi connectivity index (χ1n) is 27.0. The number of nitrogens with one attached hydrogen (secondary N) is 4. The maximum Gasteiger partial charge on any atom is 0.339 e. The number of aromatic carboxylic acids is 2. The number of hydrogen-bond donors (Lipinski definition) is 6. The fourth-order valence-electron chi connectivity index (χ4n) is 9.96. The van der Waals surface area contributed by atoms with Crippen molar-refractivity contribution in [1.29, 1.82) is 0 Å². The van der Waals surface area contributed by atoms with Gasteiger partial charge in [-0.25, -0.2) is 53.5 Å². The molecule has 10 atom stereocenters. The molecule has 8 aromatic rings. The molecule has 27 heteroatoms. The Morgan fingerprint density at radius 2 is 0.988 bits per heavy atom. The molecule has 6 aliphatic rings. The van der Waals surface area contributed by atoms with Crippen LogP contribution in [0, 0.1) is 5.82 Å². The molecule has 8 heterocycles. The largest absolute Gasteiger partial charge is 0.478 e. The van der Waals surface area contributed by atoms with Crippen LogP contribution in [0.2, 0.25) is 0 Å². The summed E-state index contributed by atoms with van der Waals surface area (Å²) in [6, 6.07) is 28.7. The van der Waals surface area contributed by atoms with Crippen LogP contribution < -0.4 is 30.7 Å². The molecular formula is C58H51FN12O14. The minimum Gasteiger partial charge on any atom is -0.478 e. The molecule has 8 unspecified atom stereocenters. The quantitative estimate of drug-likeness (QED) is 0.0554. The third kappa shape index (κ3) is 11.8. The van der Waals surface area contributed by atoms with Crippen LogP contribution in [0.3, 0.4) is 0 Å². The number of amides is 4. The number of imidazole rings is 2. The number of carbonyl (C=O) groups is 4. The molecule has 4 aliphatic heterocycles. The number of urea groups is 2. The lowest BCUT2D eigenvalue weighted by Gasteiger charge is -2.21. The number of aromatic nitrogens is 8. The second kappa shape index (κ2) is 23.5. The highest BCUT2D eigenvalue weighted by Gasteiger charge is 2.56. The Bertz CT molecular complexity index is 3870. The summed E-state index contributed by atoms with van der Waals surface area (Å²) < 4.78 is 67.3. The van der Waals surface area contributed by atoms with E-state index in [1.165, 1.54) is 43.5 Å². The molecule has 6 N–H and O–H groups in total. The summed E-state index contributed by atoms with van der Waals surface area (Å²) in [6.45, 7) is 0. The predicted octanol–water partition coefficient (Wildman–Crippen LogP) is 7.27. The van der Waals surface area contributed by atoms with Crippen LogP contribution in [0.15, 0.2) is 141 Å². The van der Waals surface area contributed by atoms with E-state index in [1.807, 2.05) is 72.8 Å². The van der Waals surface area contributed by atoms with Gasteiger partial charge < -0.3 is 58.7 Å². The zero-order valence-corrected chi connectivity index (χ0v) is 44.4. The van der Waals surface area contributed by atoms with Crippen LogP contribution >= 0.6 is 0 Å². The molecule has 6 fully saturated rings. The molecule has 434 valence electrons. The molecule has 2 aliphatic carbocycles. The third-order valence-corrected chi connectivity index (χ3v) is 14.3. The Morgan fingerprint density at radius 1 is 0.529 bits per heavy atom. The Balaban J connectivity index is 0.000000158. The summed E-state index contributed by atoms with van der Waals surface area (Å²) in [5.74, 6) is -3.27. The highest BCUT2D eigenvalue weighted by atomic mass is 19.1. The Kier molecular flexibility index (Phi) is 15.0. The van der Waals surface area contributed by atoms with Crippen molar-refractivity contribution in [1.82, 2.24) is 49.7 Å². The van der Waals surface area contributed by atoms with E-state index in [9.17, 15) is 33.8 Å². The van der Waals surface area contributed by atoms with Crippen molar-refractivity contribution in [2.24, 2.45) is 0 Å². The normalized spacial score (nSPS) is 24.9. The average Bonchev–Trinajstić information content (AvgIpc) is 2.12. The summed E-state index contributed by atoms with van der Waals surface area (Å²) in [5.41, 5.74) is 2.90. The summed E-state index contributed by atoms with van der Waals surface area (Å²) in [6.07, 6.45) is 7.96. The fourth-order valence-corrected chi connectivity index (χ4v) is 9.96. The zero-order chi connectivity index (χ0) is 58.1.